The van der Waals surface area contributed by atoms with Crippen LogP contribution in [0.25, 0.3) is 0 Å². The lowest BCUT2D eigenvalue weighted by Gasteiger charge is -2.10. The fourth-order valence-corrected chi connectivity index (χ4v) is 4.33. The van der Waals surface area contributed by atoms with Crippen LogP contribution in [0.1, 0.15) is 76.7 Å². The lowest BCUT2D eigenvalue weighted by atomic mass is 10.1. The first-order chi connectivity index (χ1) is 11.8. The summed E-state index contributed by atoms with van der Waals surface area (Å²) < 4.78 is 5.93. The maximum Gasteiger partial charge on any atom is 0.123 e. The minimum absolute atomic E-state index is 0.287. The van der Waals surface area contributed by atoms with E-state index in [0.29, 0.717) is 5.75 Å². The van der Waals surface area contributed by atoms with Crippen molar-refractivity contribution >= 4 is 11.8 Å². The second-order valence-electron chi connectivity index (χ2n) is 6.99. The van der Waals surface area contributed by atoms with E-state index in [0.717, 1.165) is 23.5 Å². The number of ether oxygens (including phenoxy) is 1. The fourth-order valence-electron chi connectivity index (χ4n) is 3.31. The van der Waals surface area contributed by atoms with Gasteiger partial charge in [-0.3, -0.25) is 0 Å². The van der Waals surface area contributed by atoms with Crippen molar-refractivity contribution in [1.29, 1.82) is 0 Å². The van der Waals surface area contributed by atoms with E-state index in [1.54, 1.807) is 6.07 Å². The molecule has 136 valence electrons. The summed E-state index contributed by atoms with van der Waals surface area (Å²) >= 11 is 2.02. The quantitative estimate of drug-likeness (QED) is 0.420. The van der Waals surface area contributed by atoms with E-state index >= 15 is 0 Å². The second-order valence-corrected chi connectivity index (χ2v) is 8.14. The highest BCUT2D eigenvalue weighted by Crippen LogP contribution is 2.32. The summed E-state index contributed by atoms with van der Waals surface area (Å²) in [4.78, 5) is 0. The molecule has 0 aliphatic carbocycles. The lowest BCUT2D eigenvalue weighted by molar-refractivity contribution is 0.259. The molecule has 2 nitrogen and oxygen atoms in total. The van der Waals surface area contributed by atoms with Gasteiger partial charge in [0.05, 0.1) is 0 Å². The number of fused-ring (bicyclic) bond motifs is 1. The van der Waals surface area contributed by atoms with Gasteiger partial charge in [-0.1, -0.05) is 64.7 Å². The number of aromatic hydroxyl groups is 1. The number of rotatable bonds is 13. The summed E-state index contributed by atoms with van der Waals surface area (Å²) in [6, 6.07) is 5.43. The average molecular weight is 351 g/mol. The molecular weight excluding hydrogens is 316 g/mol. The zero-order valence-corrected chi connectivity index (χ0v) is 16.1. The molecule has 0 saturated carbocycles. The molecular formula is C21H34O2S. The molecule has 1 aliphatic rings. The molecule has 1 heterocycles. The Morgan fingerprint density at radius 3 is 2.38 bits per heavy atom. The van der Waals surface area contributed by atoms with Crippen LogP contribution in [0.15, 0.2) is 18.2 Å². The Labute approximate surface area is 152 Å². The normalized spacial score (nSPS) is 16.1. The third kappa shape index (κ3) is 7.38. The van der Waals surface area contributed by atoms with Crippen molar-refractivity contribution in [2.45, 2.75) is 83.7 Å². The zero-order valence-electron chi connectivity index (χ0n) is 15.3. The monoisotopic (exact) mass is 350 g/mol. The average Bonchev–Trinajstić information content (AvgIpc) is 2.97. The number of unbranched alkanes of at least 4 members (excludes halogenated alkanes) is 9. The molecule has 0 aromatic heterocycles. The van der Waals surface area contributed by atoms with Crippen LogP contribution in [0.5, 0.6) is 11.5 Å². The third-order valence-electron chi connectivity index (χ3n) is 4.73. The highest BCUT2D eigenvalue weighted by Gasteiger charge is 2.22. The minimum Gasteiger partial charge on any atom is -0.508 e. The first-order valence-corrected chi connectivity index (χ1v) is 11.0. The van der Waals surface area contributed by atoms with E-state index in [2.05, 4.69) is 6.92 Å². The predicted molar refractivity (Wildman–Crippen MR) is 105 cm³/mol. The SMILES string of the molecule is CCCCCCCCCCCCSCC1Cc2cc(O)ccc2O1. The largest absolute Gasteiger partial charge is 0.508 e. The van der Waals surface area contributed by atoms with Crippen molar-refractivity contribution in [3.05, 3.63) is 23.8 Å². The first-order valence-electron chi connectivity index (χ1n) is 9.86. The number of thioether (sulfide) groups is 1. The van der Waals surface area contributed by atoms with Gasteiger partial charge < -0.3 is 9.84 Å². The van der Waals surface area contributed by atoms with Gasteiger partial charge in [-0.15, -0.1) is 0 Å². The van der Waals surface area contributed by atoms with E-state index < -0.39 is 0 Å². The lowest BCUT2D eigenvalue weighted by Crippen LogP contribution is -2.16. The molecule has 0 saturated heterocycles. The molecule has 1 unspecified atom stereocenters. The maximum absolute atomic E-state index is 9.51. The van der Waals surface area contributed by atoms with Crippen LogP contribution in [0, 0.1) is 0 Å². The summed E-state index contributed by atoms with van der Waals surface area (Å²) in [6.45, 7) is 2.28. The maximum atomic E-state index is 9.51. The van der Waals surface area contributed by atoms with Crippen LogP contribution in [0.2, 0.25) is 0 Å². The summed E-state index contributed by atoms with van der Waals surface area (Å²) in [5, 5.41) is 9.51. The van der Waals surface area contributed by atoms with E-state index in [1.807, 2.05) is 23.9 Å². The molecule has 0 bridgehead atoms. The first kappa shape index (κ1) is 19.5. The molecule has 0 amide bonds. The van der Waals surface area contributed by atoms with Gasteiger partial charge in [0, 0.05) is 17.7 Å². The molecule has 1 atom stereocenters. The van der Waals surface area contributed by atoms with Gasteiger partial charge in [-0.2, -0.15) is 11.8 Å². The zero-order chi connectivity index (χ0) is 17.0. The number of phenolic OH excluding ortho intramolecular Hbond substituents is 1. The predicted octanol–water partition coefficient (Wildman–Crippen LogP) is 6.35. The van der Waals surface area contributed by atoms with Crippen molar-refractivity contribution in [3.63, 3.8) is 0 Å². The van der Waals surface area contributed by atoms with E-state index in [9.17, 15) is 5.11 Å². The molecule has 1 aliphatic heterocycles. The Morgan fingerprint density at radius 1 is 1.00 bits per heavy atom. The smallest absolute Gasteiger partial charge is 0.123 e. The molecule has 24 heavy (non-hydrogen) atoms. The summed E-state index contributed by atoms with van der Waals surface area (Å²) in [7, 11) is 0. The van der Waals surface area contributed by atoms with Crippen LogP contribution < -0.4 is 4.74 Å². The Morgan fingerprint density at radius 2 is 1.67 bits per heavy atom. The molecule has 1 N–H and O–H groups in total. The second kappa shape index (κ2) is 11.7. The third-order valence-corrected chi connectivity index (χ3v) is 5.92. The number of benzene rings is 1. The molecule has 1 aromatic carbocycles. The standard InChI is InChI=1S/C21H34O2S/c1-2-3-4-5-6-7-8-9-10-11-14-24-17-20-16-18-15-19(22)12-13-21(18)23-20/h12-13,15,20,22H,2-11,14,16-17H2,1H3. The van der Waals surface area contributed by atoms with Gasteiger partial charge in [0.2, 0.25) is 0 Å². The molecule has 0 fully saturated rings. The Hall–Kier alpha value is -0.830. The van der Waals surface area contributed by atoms with Crippen LogP contribution in [-0.4, -0.2) is 22.7 Å². The van der Waals surface area contributed by atoms with Crippen molar-refractivity contribution in [2.24, 2.45) is 0 Å². The molecule has 0 spiro atoms. The van der Waals surface area contributed by atoms with Crippen molar-refractivity contribution in [3.8, 4) is 11.5 Å². The summed E-state index contributed by atoms with van der Waals surface area (Å²) in [5.41, 5.74) is 1.15. The topological polar surface area (TPSA) is 29.5 Å². The number of phenols is 1. The van der Waals surface area contributed by atoms with Crippen LogP contribution >= 0.6 is 11.8 Å². The highest BCUT2D eigenvalue weighted by atomic mass is 32.2. The molecule has 1 aromatic rings. The molecule has 3 heteroatoms. The van der Waals surface area contributed by atoms with E-state index in [4.69, 9.17) is 4.74 Å². The highest BCUT2D eigenvalue weighted by molar-refractivity contribution is 7.99. The van der Waals surface area contributed by atoms with E-state index in [1.165, 1.54) is 70.0 Å². The summed E-state index contributed by atoms with van der Waals surface area (Å²) in [6.07, 6.45) is 15.2. The van der Waals surface area contributed by atoms with Gasteiger partial charge >= 0.3 is 0 Å². The van der Waals surface area contributed by atoms with Crippen LogP contribution in [-0.2, 0) is 6.42 Å². The molecule has 2 rings (SSSR count). The number of hydrogen-bond donors (Lipinski definition) is 1. The van der Waals surface area contributed by atoms with Crippen molar-refractivity contribution in [2.75, 3.05) is 11.5 Å². The number of hydrogen-bond acceptors (Lipinski definition) is 3. The summed E-state index contributed by atoms with van der Waals surface area (Å²) in [5.74, 6) is 3.61. The Kier molecular flexibility index (Phi) is 9.48. The Bertz CT molecular complexity index is 461. The fraction of sp³-hybridized carbons (Fsp3) is 0.714. The van der Waals surface area contributed by atoms with Crippen molar-refractivity contribution in [1.82, 2.24) is 0 Å². The van der Waals surface area contributed by atoms with Crippen molar-refractivity contribution < 1.29 is 9.84 Å². The van der Waals surface area contributed by atoms with Crippen LogP contribution in [0.4, 0.5) is 0 Å². The van der Waals surface area contributed by atoms with Crippen LogP contribution in [0.3, 0.4) is 0 Å². The van der Waals surface area contributed by atoms with Gasteiger partial charge in [0.15, 0.2) is 0 Å². The van der Waals surface area contributed by atoms with Gasteiger partial charge in [0.1, 0.15) is 17.6 Å². The minimum atomic E-state index is 0.287. The van der Waals surface area contributed by atoms with Gasteiger partial charge in [0.25, 0.3) is 0 Å². The van der Waals surface area contributed by atoms with Gasteiger partial charge in [-0.05, 0) is 30.4 Å². The molecule has 0 radical (unpaired) electrons. The van der Waals surface area contributed by atoms with Gasteiger partial charge in [-0.25, -0.2) is 0 Å². The van der Waals surface area contributed by atoms with E-state index in [-0.39, 0.29) is 6.10 Å². The Balaban J connectivity index is 1.39.